The van der Waals surface area contributed by atoms with Crippen LogP contribution < -0.4 is 15.2 Å². The number of hydrogen-bond donors (Lipinski definition) is 1. The van der Waals surface area contributed by atoms with Gasteiger partial charge in [0.25, 0.3) is 0 Å². The molecule has 0 saturated heterocycles. The van der Waals surface area contributed by atoms with Gasteiger partial charge in [0.05, 0.1) is 0 Å². The summed E-state index contributed by atoms with van der Waals surface area (Å²) in [7, 11) is 0. The number of nitrogens with two attached hydrogens (primary N) is 1. The highest BCUT2D eigenvalue weighted by atomic mass is 16.7. The lowest BCUT2D eigenvalue weighted by molar-refractivity contribution is 0.174. The Morgan fingerprint density at radius 1 is 1.16 bits per heavy atom. The number of hydrogen-bond acceptors (Lipinski definition) is 4. The molecule has 1 aliphatic heterocycles. The molecule has 1 aromatic heterocycles. The lowest BCUT2D eigenvalue weighted by atomic mass is 9.94. The van der Waals surface area contributed by atoms with Crippen LogP contribution >= 0.6 is 0 Å². The molecule has 0 radical (unpaired) electrons. The first-order valence-electron chi connectivity index (χ1n) is 6.36. The molecule has 4 heteroatoms. The van der Waals surface area contributed by atoms with E-state index in [9.17, 15) is 0 Å². The van der Waals surface area contributed by atoms with Crippen LogP contribution in [0.1, 0.15) is 17.2 Å². The molecule has 2 N–H and O–H groups in total. The predicted octanol–water partition coefficient (Wildman–Crippen LogP) is 2.10. The molecule has 2 aromatic rings. The molecule has 1 unspecified atom stereocenters. The first-order chi connectivity index (χ1) is 9.36. The van der Waals surface area contributed by atoms with Gasteiger partial charge in [-0.25, -0.2) is 0 Å². The Hall–Kier alpha value is -2.07. The summed E-state index contributed by atoms with van der Waals surface area (Å²) in [5.74, 6) is 1.85. The summed E-state index contributed by atoms with van der Waals surface area (Å²) >= 11 is 0. The van der Waals surface area contributed by atoms with Gasteiger partial charge in [-0.3, -0.25) is 4.98 Å². The van der Waals surface area contributed by atoms with Crippen molar-refractivity contribution in [2.75, 3.05) is 13.3 Å². The van der Waals surface area contributed by atoms with Crippen molar-refractivity contribution in [3.05, 3.63) is 53.9 Å². The van der Waals surface area contributed by atoms with Gasteiger partial charge < -0.3 is 15.2 Å². The molecular formula is C15H16N2O2. The van der Waals surface area contributed by atoms with Crippen LogP contribution in [0.25, 0.3) is 0 Å². The van der Waals surface area contributed by atoms with Crippen LogP contribution in [0.3, 0.4) is 0 Å². The molecule has 4 nitrogen and oxygen atoms in total. The van der Waals surface area contributed by atoms with E-state index in [0.717, 1.165) is 29.2 Å². The zero-order valence-corrected chi connectivity index (χ0v) is 10.6. The minimum absolute atomic E-state index is 0.240. The molecule has 2 heterocycles. The van der Waals surface area contributed by atoms with Gasteiger partial charge in [0.2, 0.25) is 6.79 Å². The zero-order valence-electron chi connectivity index (χ0n) is 10.6. The maximum Gasteiger partial charge on any atom is 0.231 e. The van der Waals surface area contributed by atoms with Crippen LogP contribution in [-0.4, -0.2) is 18.3 Å². The monoisotopic (exact) mass is 256 g/mol. The molecule has 1 atom stereocenters. The van der Waals surface area contributed by atoms with Crippen LogP contribution in [0.15, 0.2) is 42.6 Å². The number of nitrogens with zero attached hydrogens (tertiary/aromatic N) is 1. The van der Waals surface area contributed by atoms with Crippen LogP contribution in [-0.2, 0) is 6.42 Å². The van der Waals surface area contributed by atoms with Gasteiger partial charge in [-0.1, -0.05) is 12.1 Å². The zero-order chi connectivity index (χ0) is 13.1. The highest BCUT2D eigenvalue weighted by Gasteiger charge is 2.17. The fourth-order valence-electron chi connectivity index (χ4n) is 2.28. The quantitative estimate of drug-likeness (QED) is 0.910. The van der Waals surface area contributed by atoms with Gasteiger partial charge in [0.15, 0.2) is 11.5 Å². The molecule has 0 amide bonds. The smallest absolute Gasteiger partial charge is 0.231 e. The number of fused-ring (bicyclic) bond motifs is 1. The average molecular weight is 256 g/mol. The van der Waals surface area contributed by atoms with Crippen LogP contribution in [0.2, 0.25) is 0 Å². The number of rotatable bonds is 4. The van der Waals surface area contributed by atoms with E-state index in [1.165, 1.54) is 0 Å². The third-order valence-electron chi connectivity index (χ3n) is 3.33. The van der Waals surface area contributed by atoms with E-state index in [1.807, 2.05) is 42.6 Å². The van der Waals surface area contributed by atoms with E-state index < -0.39 is 0 Å². The van der Waals surface area contributed by atoms with Gasteiger partial charge in [0, 0.05) is 17.8 Å². The normalized spacial score (nSPS) is 14.4. The van der Waals surface area contributed by atoms with Crippen molar-refractivity contribution in [3.8, 4) is 11.5 Å². The third-order valence-corrected chi connectivity index (χ3v) is 3.33. The van der Waals surface area contributed by atoms with E-state index in [1.54, 1.807) is 0 Å². The van der Waals surface area contributed by atoms with Crippen LogP contribution in [0.5, 0.6) is 11.5 Å². The Labute approximate surface area is 112 Å². The third kappa shape index (κ3) is 2.53. The molecule has 0 spiro atoms. The van der Waals surface area contributed by atoms with Crippen molar-refractivity contribution in [3.63, 3.8) is 0 Å². The maximum atomic E-state index is 5.90. The SMILES string of the molecule is NCC(Cc1ccccn1)c1ccc2c(c1)OCO2. The minimum atomic E-state index is 0.240. The lowest BCUT2D eigenvalue weighted by Gasteiger charge is -2.15. The fourth-order valence-corrected chi connectivity index (χ4v) is 2.28. The molecule has 1 aliphatic rings. The van der Waals surface area contributed by atoms with Crippen molar-refractivity contribution >= 4 is 0 Å². The summed E-state index contributed by atoms with van der Waals surface area (Å²) in [6.07, 6.45) is 2.64. The number of pyridine rings is 1. The minimum Gasteiger partial charge on any atom is -0.454 e. The van der Waals surface area contributed by atoms with E-state index in [2.05, 4.69) is 4.98 Å². The van der Waals surface area contributed by atoms with Gasteiger partial charge in [-0.05, 0) is 42.8 Å². The summed E-state index contributed by atoms with van der Waals surface area (Å²) in [4.78, 5) is 4.35. The van der Waals surface area contributed by atoms with Crippen LogP contribution in [0, 0.1) is 0 Å². The Kier molecular flexibility index (Phi) is 3.33. The molecule has 1 aromatic carbocycles. The Bertz CT molecular complexity index is 557. The number of benzene rings is 1. The largest absolute Gasteiger partial charge is 0.454 e. The highest BCUT2D eigenvalue weighted by Crippen LogP contribution is 2.35. The van der Waals surface area contributed by atoms with Gasteiger partial charge in [0.1, 0.15) is 0 Å². The van der Waals surface area contributed by atoms with Crippen molar-refractivity contribution < 1.29 is 9.47 Å². The summed E-state index contributed by atoms with van der Waals surface area (Å²) in [5.41, 5.74) is 8.11. The Morgan fingerprint density at radius 3 is 2.84 bits per heavy atom. The van der Waals surface area contributed by atoms with Gasteiger partial charge >= 0.3 is 0 Å². The molecule has 19 heavy (non-hydrogen) atoms. The predicted molar refractivity (Wildman–Crippen MR) is 72.3 cm³/mol. The van der Waals surface area contributed by atoms with E-state index in [4.69, 9.17) is 15.2 Å². The molecule has 3 rings (SSSR count). The Balaban J connectivity index is 1.82. The molecule has 0 aliphatic carbocycles. The first-order valence-corrected chi connectivity index (χ1v) is 6.36. The maximum absolute atomic E-state index is 5.90. The summed E-state index contributed by atoms with van der Waals surface area (Å²) < 4.78 is 10.7. The lowest BCUT2D eigenvalue weighted by Crippen LogP contribution is -2.15. The fraction of sp³-hybridized carbons (Fsp3) is 0.267. The van der Waals surface area contributed by atoms with Crippen molar-refractivity contribution in [2.24, 2.45) is 5.73 Å². The van der Waals surface area contributed by atoms with E-state index in [-0.39, 0.29) is 5.92 Å². The molecule has 0 bridgehead atoms. The van der Waals surface area contributed by atoms with Crippen molar-refractivity contribution in [1.82, 2.24) is 4.98 Å². The topological polar surface area (TPSA) is 57.4 Å². The standard InChI is InChI=1S/C15H16N2O2/c16-9-12(7-13-3-1-2-6-17-13)11-4-5-14-15(8-11)19-10-18-14/h1-6,8,12H,7,9-10,16H2. The van der Waals surface area contributed by atoms with Crippen molar-refractivity contribution in [1.29, 1.82) is 0 Å². The average Bonchev–Trinajstić information content (AvgIpc) is 2.93. The summed E-state index contributed by atoms with van der Waals surface area (Å²) in [6.45, 7) is 0.878. The second-order valence-corrected chi connectivity index (χ2v) is 4.57. The second kappa shape index (κ2) is 5.28. The van der Waals surface area contributed by atoms with E-state index >= 15 is 0 Å². The van der Waals surface area contributed by atoms with Crippen molar-refractivity contribution in [2.45, 2.75) is 12.3 Å². The summed E-state index contributed by atoms with van der Waals surface area (Å²) in [6, 6.07) is 11.9. The molecule has 0 fully saturated rings. The second-order valence-electron chi connectivity index (χ2n) is 4.57. The Morgan fingerprint density at radius 2 is 2.05 bits per heavy atom. The number of ether oxygens (including phenoxy) is 2. The summed E-state index contributed by atoms with van der Waals surface area (Å²) in [5, 5.41) is 0. The van der Waals surface area contributed by atoms with Crippen LogP contribution in [0.4, 0.5) is 0 Å². The van der Waals surface area contributed by atoms with Gasteiger partial charge in [-0.15, -0.1) is 0 Å². The molecular weight excluding hydrogens is 240 g/mol. The molecule has 98 valence electrons. The van der Waals surface area contributed by atoms with E-state index in [0.29, 0.717) is 13.3 Å². The first kappa shape index (κ1) is 12.0. The molecule has 0 saturated carbocycles. The number of aromatic nitrogens is 1. The highest BCUT2D eigenvalue weighted by molar-refractivity contribution is 5.45. The van der Waals surface area contributed by atoms with Gasteiger partial charge in [-0.2, -0.15) is 0 Å².